The highest BCUT2D eigenvalue weighted by Crippen LogP contribution is 2.30. The lowest BCUT2D eigenvalue weighted by atomic mass is 10.1. The minimum atomic E-state index is -3.35. The van der Waals surface area contributed by atoms with Gasteiger partial charge in [0.25, 0.3) is 0 Å². The molecule has 1 aromatic rings. The molecule has 1 saturated heterocycles. The highest BCUT2D eigenvalue weighted by molar-refractivity contribution is 7.91. The summed E-state index contributed by atoms with van der Waals surface area (Å²) >= 11 is 0. The maximum absolute atomic E-state index is 11.9. The van der Waals surface area contributed by atoms with Crippen molar-refractivity contribution in [2.75, 3.05) is 13.6 Å². The van der Waals surface area contributed by atoms with E-state index in [0.29, 0.717) is 6.04 Å². The van der Waals surface area contributed by atoms with E-state index in [9.17, 15) is 9.00 Å². The van der Waals surface area contributed by atoms with Gasteiger partial charge in [-0.05, 0) is 44.1 Å². The molecular formula is C12H18N4O2S. The van der Waals surface area contributed by atoms with E-state index in [-0.39, 0.29) is 4.90 Å². The summed E-state index contributed by atoms with van der Waals surface area (Å²) in [4.78, 5) is 13.2. The molecule has 19 heavy (non-hydrogen) atoms. The maximum atomic E-state index is 11.9. The summed E-state index contributed by atoms with van der Waals surface area (Å²) < 4.78 is 21.5. The van der Waals surface area contributed by atoms with Gasteiger partial charge in [0.1, 0.15) is 0 Å². The Hall–Kier alpha value is -1.60. The lowest BCUT2D eigenvalue weighted by Gasteiger charge is -2.20. The van der Waals surface area contributed by atoms with Crippen molar-refractivity contribution in [2.24, 2.45) is 5.73 Å². The van der Waals surface area contributed by atoms with Crippen molar-refractivity contribution >= 4 is 15.9 Å². The number of urea groups is 1. The van der Waals surface area contributed by atoms with E-state index in [4.69, 9.17) is 10.5 Å². The molecule has 1 fully saturated rings. The van der Waals surface area contributed by atoms with Gasteiger partial charge in [-0.1, -0.05) is 12.1 Å². The first-order valence-corrected chi connectivity index (χ1v) is 7.62. The third-order valence-electron chi connectivity index (χ3n) is 3.36. The summed E-state index contributed by atoms with van der Waals surface area (Å²) in [5, 5.41) is 0. The van der Waals surface area contributed by atoms with Crippen LogP contribution in [0.25, 0.3) is 0 Å². The fourth-order valence-corrected chi connectivity index (χ4v) is 3.33. The van der Waals surface area contributed by atoms with Gasteiger partial charge >= 0.3 is 6.03 Å². The Morgan fingerprint density at radius 1 is 1.47 bits per heavy atom. The molecule has 1 aliphatic heterocycles. The van der Waals surface area contributed by atoms with Crippen LogP contribution in [0.3, 0.4) is 0 Å². The number of nitrogens with two attached hydrogens (primary N) is 1. The Bertz CT molecular complexity index is 568. The van der Waals surface area contributed by atoms with Crippen LogP contribution in [0.4, 0.5) is 4.79 Å². The Labute approximate surface area is 113 Å². The second kappa shape index (κ2) is 5.18. The predicted molar refractivity (Wildman–Crippen MR) is 72.9 cm³/mol. The average molecular weight is 282 g/mol. The molecule has 6 nitrogen and oxygen atoms in total. The summed E-state index contributed by atoms with van der Waals surface area (Å²) in [6.07, 6.45) is 2.27. The molecule has 7 heteroatoms. The second-order valence-electron chi connectivity index (χ2n) is 4.73. The lowest BCUT2D eigenvalue weighted by molar-refractivity contribution is 0.254. The smallest absolute Gasteiger partial charge is 0.324 e. The van der Waals surface area contributed by atoms with E-state index >= 15 is 0 Å². The van der Waals surface area contributed by atoms with E-state index < -0.39 is 15.9 Å². The number of amides is 2. The van der Waals surface area contributed by atoms with Gasteiger partial charge in [-0.25, -0.2) is 18.5 Å². The Balaban J connectivity index is 2.21. The molecule has 2 rings (SSSR count). The second-order valence-corrected chi connectivity index (χ2v) is 6.52. The molecule has 0 aliphatic carbocycles. The van der Waals surface area contributed by atoms with E-state index in [0.717, 1.165) is 18.5 Å². The fraction of sp³-hybridized carbons (Fsp3) is 0.417. The van der Waals surface area contributed by atoms with Crippen LogP contribution in [0.15, 0.2) is 29.2 Å². The van der Waals surface area contributed by atoms with Crippen LogP contribution >= 0.6 is 0 Å². The molecule has 0 radical (unpaired) electrons. The molecule has 1 aromatic carbocycles. The number of nitrogens with one attached hydrogen (secondary N) is 2. The molecule has 104 valence electrons. The van der Waals surface area contributed by atoms with Crippen LogP contribution in [0.5, 0.6) is 0 Å². The largest absolute Gasteiger partial charge is 0.351 e. The van der Waals surface area contributed by atoms with Crippen LogP contribution < -0.4 is 10.5 Å². The van der Waals surface area contributed by atoms with Crippen LogP contribution in [0, 0.1) is 4.78 Å². The van der Waals surface area contributed by atoms with Crippen LogP contribution in [0.1, 0.15) is 24.4 Å². The number of likely N-dealkylation sites (tertiary alicyclic amines) is 1. The standard InChI is InChI=1S/C12H18N4O2S/c1-16-8-2-3-11(16)9-4-6-10(7-5-9)19(14,18)15-12(13)17/h4-7,11H,2-3,8H2,1H3,(H4,13,14,15,17,18). The summed E-state index contributed by atoms with van der Waals surface area (Å²) in [7, 11) is -1.27. The number of benzene rings is 1. The SMILES string of the molecule is CN1CCCC1c1ccc(S(=N)(=O)NC(N)=O)cc1. The predicted octanol–water partition coefficient (Wildman–Crippen LogP) is 1.44. The molecule has 0 saturated carbocycles. The normalized spacial score (nSPS) is 22.9. The van der Waals surface area contributed by atoms with Gasteiger partial charge in [0.15, 0.2) is 9.92 Å². The molecule has 1 heterocycles. The van der Waals surface area contributed by atoms with Crippen LogP contribution in [-0.2, 0) is 9.92 Å². The molecule has 4 N–H and O–H groups in total. The minimum absolute atomic E-state index is 0.260. The van der Waals surface area contributed by atoms with Crippen molar-refractivity contribution in [1.82, 2.24) is 9.62 Å². The molecule has 2 amide bonds. The summed E-state index contributed by atoms with van der Waals surface area (Å²) in [5.74, 6) is 0. The van der Waals surface area contributed by atoms with E-state index in [1.807, 2.05) is 16.9 Å². The van der Waals surface area contributed by atoms with Gasteiger partial charge in [-0.15, -0.1) is 0 Å². The van der Waals surface area contributed by atoms with Crippen molar-refractivity contribution < 1.29 is 9.00 Å². The lowest BCUT2D eigenvalue weighted by Crippen LogP contribution is -2.34. The molecule has 2 atom stereocenters. The number of rotatable bonds is 3. The molecule has 0 bridgehead atoms. The van der Waals surface area contributed by atoms with E-state index in [1.165, 1.54) is 6.42 Å². The van der Waals surface area contributed by atoms with Gasteiger partial charge in [0.05, 0.1) is 4.90 Å². The van der Waals surface area contributed by atoms with Crippen LogP contribution in [0.2, 0.25) is 0 Å². The summed E-state index contributed by atoms with van der Waals surface area (Å²) in [6.45, 7) is 1.07. The number of hydrogen-bond donors (Lipinski definition) is 3. The zero-order valence-electron chi connectivity index (χ0n) is 10.8. The van der Waals surface area contributed by atoms with Crippen molar-refractivity contribution in [1.29, 1.82) is 4.78 Å². The van der Waals surface area contributed by atoms with Gasteiger partial charge < -0.3 is 5.73 Å². The van der Waals surface area contributed by atoms with Gasteiger partial charge in [-0.3, -0.25) is 4.90 Å². The van der Waals surface area contributed by atoms with Crippen molar-refractivity contribution in [3.05, 3.63) is 29.8 Å². The number of nitrogens with zero attached hydrogens (tertiary/aromatic N) is 1. The van der Waals surface area contributed by atoms with Crippen molar-refractivity contribution in [3.63, 3.8) is 0 Å². The third-order valence-corrected chi connectivity index (χ3v) is 4.79. The summed E-state index contributed by atoms with van der Waals surface area (Å²) in [5.41, 5.74) is 6.04. The zero-order chi connectivity index (χ0) is 14.0. The van der Waals surface area contributed by atoms with Crippen LogP contribution in [-0.4, -0.2) is 28.7 Å². The Morgan fingerprint density at radius 2 is 2.11 bits per heavy atom. The number of carbonyl (C=O) groups excluding carboxylic acids is 1. The minimum Gasteiger partial charge on any atom is -0.351 e. The first kappa shape index (κ1) is 13.8. The first-order chi connectivity index (χ1) is 8.90. The first-order valence-electron chi connectivity index (χ1n) is 6.06. The average Bonchev–Trinajstić information content (AvgIpc) is 2.74. The molecule has 2 unspecified atom stereocenters. The molecule has 0 spiro atoms. The molecule has 0 aromatic heterocycles. The number of primary amides is 1. The highest BCUT2D eigenvalue weighted by atomic mass is 32.2. The quantitative estimate of drug-likeness (QED) is 0.782. The monoisotopic (exact) mass is 282 g/mol. The highest BCUT2D eigenvalue weighted by Gasteiger charge is 2.22. The zero-order valence-corrected chi connectivity index (χ0v) is 11.6. The van der Waals surface area contributed by atoms with E-state index in [2.05, 4.69) is 11.9 Å². The molecule has 1 aliphatic rings. The Morgan fingerprint density at radius 3 is 2.58 bits per heavy atom. The fourth-order valence-electron chi connectivity index (χ4n) is 2.41. The van der Waals surface area contributed by atoms with E-state index in [1.54, 1.807) is 12.1 Å². The Kier molecular flexibility index (Phi) is 3.77. The van der Waals surface area contributed by atoms with Gasteiger partial charge in [0.2, 0.25) is 0 Å². The van der Waals surface area contributed by atoms with Gasteiger partial charge in [0, 0.05) is 6.04 Å². The van der Waals surface area contributed by atoms with Gasteiger partial charge in [-0.2, -0.15) is 0 Å². The van der Waals surface area contributed by atoms with Crippen molar-refractivity contribution in [2.45, 2.75) is 23.8 Å². The number of hydrogen-bond acceptors (Lipinski definition) is 4. The maximum Gasteiger partial charge on any atom is 0.324 e. The topological polar surface area (TPSA) is 99.3 Å². The third kappa shape index (κ3) is 3.05. The number of carbonyl (C=O) groups is 1. The van der Waals surface area contributed by atoms with Crippen molar-refractivity contribution in [3.8, 4) is 0 Å². The molecular weight excluding hydrogens is 264 g/mol. The summed E-state index contributed by atoms with van der Waals surface area (Å²) in [6, 6.07) is 6.37.